The highest BCUT2D eigenvalue weighted by Gasteiger charge is 2.24. The van der Waals surface area contributed by atoms with Gasteiger partial charge in [-0.15, -0.1) is 5.10 Å². The van der Waals surface area contributed by atoms with Gasteiger partial charge >= 0.3 is 0 Å². The summed E-state index contributed by atoms with van der Waals surface area (Å²) >= 11 is 0. The molecule has 0 radical (unpaired) electrons. The maximum Gasteiger partial charge on any atom is 0.252 e. The van der Waals surface area contributed by atoms with E-state index in [4.69, 9.17) is 0 Å². The number of benzene rings is 1. The van der Waals surface area contributed by atoms with Crippen molar-refractivity contribution in [1.29, 1.82) is 0 Å². The van der Waals surface area contributed by atoms with Crippen molar-refractivity contribution in [3.8, 4) is 0 Å². The van der Waals surface area contributed by atoms with Crippen LogP contribution in [-0.2, 0) is 16.0 Å². The zero-order valence-corrected chi connectivity index (χ0v) is 17.5. The van der Waals surface area contributed by atoms with E-state index in [1.807, 2.05) is 24.8 Å². The van der Waals surface area contributed by atoms with Gasteiger partial charge in [-0.25, -0.2) is 13.9 Å². The summed E-state index contributed by atoms with van der Waals surface area (Å²) in [5, 5.41) is 7.15. The molecular weight excluding hydrogens is 401 g/mol. The Hall–Kier alpha value is -3.40. The minimum atomic E-state index is -0.348. The number of fused-ring (bicyclic) bond motifs is 1. The Balaban J connectivity index is 1.27. The number of hydrogen-bond acceptors (Lipinski definition) is 6. The molecule has 31 heavy (non-hydrogen) atoms. The van der Waals surface area contributed by atoms with Crippen molar-refractivity contribution in [2.75, 3.05) is 38.0 Å². The molecule has 0 atom stereocenters. The third-order valence-electron chi connectivity index (χ3n) is 5.19. The molecule has 0 aliphatic carbocycles. The van der Waals surface area contributed by atoms with Crippen molar-refractivity contribution in [2.45, 2.75) is 20.3 Å². The van der Waals surface area contributed by atoms with E-state index in [0.717, 1.165) is 11.4 Å². The number of nitrogens with one attached hydrogen (secondary N) is 1. The van der Waals surface area contributed by atoms with Gasteiger partial charge in [-0.1, -0.05) is 0 Å². The van der Waals surface area contributed by atoms with E-state index in [1.54, 1.807) is 9.42 Å². The lowest BCUT2D eigenvalue weighted by atomic mass is 10.2. The molecule has 10 heteroatoms. The number of aryl methyl sites for hydroxylation is 2. The van der Waals surface area contributed by atoms with E-state index in [1.165, 1.54) is 24.3 Å². The lowest BCUT2D eigenvalue weighted by Gasteiger charge is -2.34. The summed E-state index contributed by atoms with van der Waals surface area (Å²) in [5.74, 6) is 0.392. The minimum absolute atomic E-state index is 0.0410. The molecular formula is C21H24FN7O2. The fraction of sp³-hybridized carbons (Fsp3) is 0.381. The molecule has 1 fully saturated rings. The van der Waals surface area contributed by atoms with Crippen molar-refractivity contribution in [1.82, 2.24) is 29.4 Å². The smallest absolute Gasteiger partial charge is 0.252 e. The molecule has 0 saturated carbocycles. The van der Waals surface area contributed by atoms with Crippen molar-refractivity contribution in [3.63, 3.8) is 0 Å². The van der Waals surface area contributed by atoms with Crippen LogP contribution in [0.2, 0.25) is 0 Å². The van der Waals surface area contributed by atoms with E-state index < -0.39 is 0 Å². The zero-order chi connectivity index (χ0) is 22.0. The van der Waals surface area contributed by atoms with Gasteiger partial charge in [0.05, 0.1) is 13.0 Å². The predicted octanol–water partition coefficient (Wildman–Crippen LogP) is 1.21. The van der Waals surface area contributed by atoms with Crippen molar-refractivity contribution in [3.05, 3.63) is 53.4 Å². The number of amides is 2. The predicted molar refractivity (Wildman–Crippen MR) is 112 cm³/mol. The molecule has 0 unspecified atom stereocenters. The molecule has 0 bridgehead atoms. The number of rotatable bonds is 5. The molecule has 9 nitrogen and oxygen atoms in total. The Morgan fingerprint density at radius 1 is 1.06 bits per heavy atom. The molecule has 2 aromatic heterocycles. The molecule has 1 aromatic carbocycles. The van der Waals surface area contributed by atoms with Crippen LogP contribution in [0.15, 0.2) is 30.3 Å². The van der Waals surface area contributed by atoms with Gasteiger partial charge in [0, 0.05) is 43.3 Å². The first-order valence-electron chi connectivity index (χ1n) is 10.1. The molecule has 162 valence electrons. The number of aromatic nitrogens is 4. The highest BCUT2D eigenvalue weighted by atomic mass is 19.1. The van der Waals surface area contributed by atoms with Crippen LogP contribution in [-0.4, -0.2) is 73.9 Å². The van der Waals surface area contributed by atoms with Gasteiger partial charge in [-0.2, -0.15) is 4.98 Å². The fourth-order valence-electron chi connectivity index (χ4n) is 3.62. The standard InChI is InChI=1S/C21H24FN7O2/c1-14-11-15(2)29-21(23-14)25-18(26-29)12-20(31)28-9-7-27(8-10-28)13-19(30)24-17-5-3-16(22)4-6-17/h3-6,11H,7-10,12-13H2,1-2H3,(H,24,30). The molecule has 3 heterocycles. The summed E-state index contributed by atoms with van der Waals surface area (Å²) in [6, 6.07) is 7.57. The van der Waals surface area contributed by atoms with Crippen LogP contribution in [0, 0.1) is 19.7 Å². The summed E-state index contributed by atoms with van der Waals surface area (Å²) in [7, 11) is 0. The van der Waals surface area contributed by atoms with Crippen LogP contribution < -0.4 is 5.32 Å². The molecule has 3 aromatic rings. The normalized spacial score (nSPS) is 14.7. The molecule has 1 aliphatic heterocycles. The number of nitrogens with zero attached hydrogens (tertiary/aromatic N) is 6. The van der Waals surface area contributed by atoms with Crippen molar-refractivity contribution in [2.24, 2.45) is 0 Å². The second-order valence-electron chi connectivity index (χ2n) is 7.67. The topological polar surface area (TPSA) is 95.7 Å². The summed E-state index contributed by atoms with van der Waals surface area (Å²) < 4.78 is 14.6. The molecule has 4 rings (SSSR count). The Labute approximate surface area is 178 Å². The first kappa shape index (κ1) is 20.9. The number of hydrogen-bond donors (Lipinski definition) is 1. The summed E-state index contributed by atoms with van der Waals surface area (Å²) in [4.78, 5) is 37.4. The van der Waals surface area contributed by atoms with Crippen LogP contribution in [0.1, 0.15) is 17.2 Å². The van der Waals surface area contributed by atoms with Gasteiger partial charge < -0.3 is 10.2 Å². The number of carbonyl (C=O) groups excluding carboxylic acids is 2. The second-order valence-corrected chi connectivity index (χ2v) is 7.67. The van der Waals surface area contributed by atoms with Gasteiger partial charge in [0.25, 0.3) is 5.78 Å². The molecule has 1 saturated heterocycles. The Morgan fingerprint density at radius 3 is 2.48 bits per heavy atom. The maximum absolute atomic E-state index is 13.0. The third-order valence-corrected chi connectivity index (χ3v) is 5.19. The average molecular weight is 425 g/mol. The van der Waals surface area contributed by atoms with E-state index in [9.17, 15) is 14.0 Å². The number of anilines is 1. The zero-order valence-electron chi connectivity index (χ0n) is 17.5. The van der Waals surface area contributed by atoms with E-state index in [-0.39, 0.29) is 30.6 Å². The lowest BCUT2D eigenvalue weighted by Crippen LogP contribution is -2.50. The molecule has 1 aliphatic rings. The quantitative estimate of drug-likeness (QED) is 0.660. The summed E-state index contributed by atoms with van der Waals surface area (Å²) in [6.07, 6.45) is 0.118. The largest absolute Gasteiger partial charge is 0.340 e. The Bertz CT molecular complexity index is 1100. The van der Waals surface area contributed by atoms with Gasteiger partial charge in [-0.05, 0) is 44.2 Å². The summed E-state index contributed by atoms with van der Waals surface area (Å²) in [5.41, 5.74) is 2.33. The first-order chi connectivity index (χ1) is 14.9. The Morgan fingerprint density at radius 2 is 1.77 bits per heavy atom. The van der Waals surface area contributed by atoms with Gasteiger partial charge in [-0.3, -0.25) is 14.5 Å². The third kappa shape index (κ3) is 5.02. The van der Waals surface area contributed by atoms with Crippen LogP contribution in [0.25, 0.3) is 5.78 Å². The number of piperazine rings is 1. The SMILES string of the molecule is Cc1cc(C)n2nc(CC(=O)N3CCN(CC(=O)Nc4ccc(F)cc4)CC3)nc2n1. The monoisotopic (exact) mass is 425 g/mol. The van der Waals surface area contributed by atoms with Crippen molar-refractivity contribution < 1.29 is 14.0 Å². The lowest BCUT2D eigenvalue weighted by molar-refractivity contribution is -0.132. The Kier molecular flexibility index (Phi) is 5.90. The van der Waals surface area contributed by atoms with Gasteiger partial charge in [0.1, 0.15) is 5.82 Å². The van der Waals surface area contributed by atoms with E-state index in [2.05, 4.69) is 20.4 Å². The summed E-state index contributed by atoms with van der Waals surface area (Å²) in [6.45, 7) is 6.30. The van der Waals surface area contributed by atoms with Crippen LogP contribution in [0.3, 0.4) is 0 Å². The molecule has 2 amide bonds. The number of carbonyl (C=O) groups is 2. The van der Waals surface area contributed by atoms with E-state index >= 15 is 0 Å². The minimum Gasteiger partial charge on any atom is -0.340 e. The van der Waals surface area contributed by atoms with Gasteiger partial charge in [0.15, 0.2) is 5.82 Å². The maximum atomic E-state index is 13.0. The molecule has 0 spiro atoms. The van der Waals surface area contributed by atoms with Crippen molar-refractivity contribution >= 4 is 23.3 Å². The van der Waals surface area contributed by atoms with Crippen LogP contribution in [0.4, 0.5) is 10.1 Å². The number of halogens is 1. The highest BCUT2D eigenvalue weighted by molar-refractivity contribution is 5.92. The average Bonchev–Trinajstić information content (AvgIpc) is 3.13. The van der Waals surface area contributed by atoms with E-state index in [0.29, 0.717) is 43.5 Å². The highest BCUT2D eigenvalue weighted by Crippen LogP contribution is 2.10. The fourth-order valence-corrected chi connectivity index (χ4v) is 3.62. The van der Waals surface area contributed by atoms with Crippen LogP contribution in [0.5, 0.6) is 0 Å². The van der Waals surface area contributed by atoms with Crippen LogP contribution >= 0.6 is 0 Å². The molecule has 1 N–H and O–H groups in total. The first-order valence-corrected chi connectivity index (χ1v) is 10.1. The second kappa shape index (κ2) is 8.76. The van der Waals surface area contributed by atoms with Gasteiger partial charge in [0.2, 0.25) is 11.8 Å².